The monoisotopic (exact) mass is 369 g/mol. The predicted octanol–water partition coefficient (Wildman–Crippen LogP) is 4.85. The summed E-state index contributed by atoms with van der Waals surface area (Å²) in [5, 5.41) is 2.95. The highest BCUT2D eigenvalue weighted by Crippen LogP contribution is 2.22. The van der Waals surface area contributed by atoms with Crippen LogP contribution in [0.25, 0.3) is 11.1 Å². The molecule has 0 aliphatic rings. The zero-order valence-corrected chi connectivity index (χ0v) is 16.5. The zero-order valence-electron chi connectivity index (χ0n) is 15.7. The molecular formula is C22H27NO2S. The SMILES string of the molecule is CCCC(=O)N[C@H](C)C(=O)S[C@@H](C)Cc1ccc(-c2ccccc2)cc1. The fraction of sp³-hybridized carbons (Fsp3) is 0.364. The number of amides is 1. The second-order valence-corrected chi connectivity index (χ2v) is 8.00. The Labute approximate surface area is 160 Å². The van der Waals surface area contributed by atoms with Crippen LogP contribution in [0.4, 0.5) is 0 Å². The van der Waals surface area contributed by atoms with Crippen LogP contribution in [0, 0.1) is 0 Å². The average molecular weight is 370 g/mol. The van der Waals surface area contributed by atoms with Crippen LogP contribution in [0.2, 0.25) is 0 Å². The largest absolute Gasteiger partial charge is 0.346 e. The first-order chi connectivity index (χ1) is 12.5. The molecule has 0 bridgehead atoms. The van der Waals surface area contributed by atoms with E-state index in [9.17, 15) is 9.59 Å². The van der Waals surface area contributed by atoms with Crippen LogP contribution in [0.15, 0.2) is 54.6 Å². The fourth-order valence-corrected chi connectivity index (χ4v) is 3.67. The molecule has 0 saturated carbocycles. The van der Waals surface area contributed by atoms with Crippen molar-refractivity contribution >= 4 is 22.8 Å². The molecule has 0 radical (unpaired) electrons. The van der Waals surface area contributed by atoms with Crippen molar-refractivity contribution in [1.29, 1.82) is 0 Å². The number of rotatable bonds is 8. The molecule has 3 nitrogen and oxygen atoms in total. The summed E-state index contributed by atoms with van der Waals surface area (Å²) >= 11 is 1.31. The van der Waals surface area contributed by atoms with E-state index in [1.54, 1.807) is 6.92 Å². The molecule has 0 aliphatic carbocycles. The number of hydrogen-bond donors (Lipinski definition) is 1. The quantitative estimate of drug-likeness (QED) is 0.723. The molecule has 26 heavy (non-hydrogen) atoms. The van der Waals surface area contributed by atoms with E-state index in [2.05, 4.69) is 41.7 Å². The Hall–Kier alpha value is -2.07. The van der Waals surface area contributed by atoms with E-state index in [-0.39, 0.29) is 16.3 Å². The van der Waals surface area contributed by atoms with Gasteiger partial charge < -0.3 is 5.32 Å². The molecule has 0 spiro atoms. The molecule has 0 aromatic heterocycles. The maximum atomic E-state index is 12.3. The highest BCUT2D eigenvalue weighted by atomic mass is 32.2. The summed E-state index contributed by atoms with van der Waals surface area (Å²) in [4.78, 5) is 23.9. The van der Waals surface area contributed by atoms with Gasteiger partial charge in [-0.2, -0.15) is 0 Å². The molecule has 4 heteroatoms. The molecule has 1 amide bonds. The van der Waals surface area contributed by atoms with E-state index in [1.807, 2.05) is 32.0 Å². The van der Waals surface area contributed by atoms with Gasteiger partial charge in [-0.25, -0.2) is 0 Å². The lowest BCUT2D eigenvalue weighted by atomic mass is 10.0. The molecule has 0 aliphatic heterocycles. The Kier molecular flexibility index (Phi) is 7.92. The number of nitrogens with one attached hydrogen (secondary N) is 1. The molecule has 2 rings (SSSR count). The van der Waals surface area contributed by atoms with E-state index in [0.29, 0.717) is 6.42 Å². The average Bonchev–Trinajstić information content (AvgIpc) is 2.63. The van der Waals surface area contributed by atoms with Gasteiger partial charge in [-0.05, 0) is 36.5 Å². The summed E-state index contributed by atoms with van der Waals surface area (Å²) in [5.41, 5.74) is 3.60. The van der Waals surface area contributed by atoms with Crippen molar-refractivity contribution in [2.45, 2.75) is 51.3 Å². The van der Waals surface area contributed by atoms with Crippen molar-refractivity contribution in [3.05, 3.63) is 60.2 Å². The summed E-state index contributed by atoms with van der Waals surface area (Å²) in [6.45, 7) is 5.75. The van der Waals surface area contributed by atoms with Gasteiger partial charge in [0.15, 0.2) is 0 Å². The molecule has 0 fully saturated rings. The van der Waals surface area contributed by atoms with Crippen LogP contribution >= 0.6 is 11.8 Å². The number of carbonyl (C=O) groups is 2. The van der Waals surface area contributed by atoms with E-state index >= 15 is 0 Å². The number of carbonyl (C=O) groups excluding carboxylic acids is 2. The van der Waals surface area contributed by atoms with Gasteiger partial charge in [-0.15, -0.1) is 0 Å². The van der Waals surface area contributed by atoms with Gasteiger partial charge in [0, 0.05) is 11.7 Å². The Morgan fingerprint density at radius 3 is 2.19 bits per heavy atom. The first kappa shape index (κ1) is 20.2. The van der Waals surface area contributed by atoms with Gasteiger partial charge >= 0.3 is 0 Å². The first-order valence-corrected chi connectivity index (χ1v) is 10.0. The van der Waals surface area contributed by atoms with Crippen molar-refractivity contribution in [3.63, 3.8) is 0 Å². The van der Waals surface area contributed by atoms with Gasteiger partial charge in [-0.1, -0.05) is 80.2 Å². The molecule has 138 valence electrons. The summed E-state index contributed by atoms with van der Waals surface area (Å²) in [5.74, 6) is -0.0573. The molecule has 2 aromatic carbocycles. The van der Waals surface area contributed by atoms with E-state index in [1.165, 1.54) is 28.5 Å². The van der Waals surface area contributed by atoms with Crippen LogP contribution in [0.5, 0.6) is 0 Å². The van der Waals surface area contributed by atoms with Crippen molar-refractivity contribution in [1.82, 2.24) is 5.32 Å². The van der Waals surface area contributed by atoms with Crippen LogP contribution < -0.4 is 5.32 Å². The van der Waals surface area contributed by atoms with Crippen molar-refractivity contribution in [2.75, 3.05) is 0 Å². The summed E-state index contributed by atoms with van der Waals surface area (Å²) < 4.78 is 0. The third kappa shape index (κ3) is 6.34. The van der Waals surface area contributed by atoms with Gasteiger partial charge in [0.1, 0.15) is 0 Å². The molecule has 0 heterocycles. The first-order valence-electron chi connectivity index (χ1n) is 9.13. The van der Waals surface area contributed by atoms with Gasteiger partial charge in [-0.3, -0.25) is 9.59 Å². The third-order valence-corrected chi connectivity index (χ3v) is 5.26. The highest BCUT2D eigenvalue weighted by Gasteiger charge is 2.18. The van der Waals surface area contributed by atoms with Gasteiger partial charge in [0.25, 0.3) is 0 Å². The summed E-state index contributed by atoms with van der Waals surface area (Å²) in [6.07, 6.45) is 2.07. The highest BCUT2D eigenvalue weighted by molar-refractivity contribution is 8.14. The van der Waals surface area contributed by atoms with Crippen LogP contribution in [-0.2, 0) is 16.0 Å². The van der Waals surface area contributed by atoms with Crippen molar-refractivity contribution < 1.29 is 9.59 Å². The number of benzene rings is 2. The van der Waals surface area contributed by atoms with E-state index in [4.69, 9.17) is 0 Å². The minimum Gasteiger partial charge on any atom is -0.346 e. The molecular weight excluding hydrogens is 342 g/mol. The Bertz CT molecular complexity index is 713. The Morgan fingerprint density at radius 2 is 1.58 bits per heavy atom. The maximum Gasteiger partial charge on any atom is 0.220 e. The molecule has 0 saturated heterocycles. The van der Waals surface area contributed by atoms with E-state index < -0.39 is 6.04 Å². The standard InChI is InChI=1S/C22H27NO2S/c1-4-8-21(24)23-17(3)22(25)26-16(2)15-18-11-13-20(14-12-18)19-9-6-5-7-10-19/h5-7,9-14,16-17H,4,8,15H2,1-3H3,(H,23,24)/t16-,17+/m0/s1. The third-order valence-electron chi connectivity index (χ3n) is 4.11. The second kappa shape index (κ2) is 10.2. The second-order valence-electron chi connectivity index (χ2n) is 6.55. The summed E-state index contributed by atoms with van der Waals surface area (Å²) in [6, 6.07) is 18.3. The Morgan fingerprint density at radius 1 is 0.962 bits per heavy atom. The molecule has 1 N–H and O–H groups in total. The van der Waals surface area contributed by atoms with Gasteiger partial charge in [0.2, 0.25) is 11.0 Å². The molecule has 2 aromatic rings. The minimum atomic E-state index is -0.443. The normalized spacial score (nSPS) is 13.0. The molecule has 0 unspecified atom stereocenters. The topological polar surface area (TPSA) is 46.2 Å². The van der Waals surface area contributed by atoms with Crippen LogP contribution in [0.1, 0.15) is 39.2 Å². The van der Waals surface area contributed by atoms with Gasteiger partial charge in [0.05, 0.1) is 6.04 Å². The minimum absolute atomic E-state index is 0.0165. The lowest BCUT2D eigenvalue weighted by Crippen LogP contribution is -2.37. The number of hydrogen-bond acceptors (Lipinski definition) is 3. The smallest absolute Gasteiger partial charge is 0.220 e. The van der Waals surface area contributed by atoms with Crippen molar-refractivity contribution in [2.24, 2.45) is 0 Å². The predicted molar refractivity (Wildman–Crippen MR) is 110 cm³/mol. The maximum absolute atomic E-state index is 12.3. The summed E-state index contributed by atoms with van der Waals surface area (Å²) in [7, 11) is 0. The van der Waals surface area contributed by atoms with Crippen LogP contribution in [-0.4, -0.2) is 22.3 Å². The molecule has 2 atom stereocenters. The Balaban J connectivity index is 1.86. The zero-order chi connectivity index (χ0) is 18.9. The van der Waals surface area contributed by atoms with E-state index in [0.717, 1.165) is 12.8 Å². The fourth-order valence-electron chi connectivity index (χ4n) is 2.74. The van der Waals surface area contributed by atoms with Crippen LogP contribution in [0.3, 0.4) is 0 Å². The number of thioether (sulfide) groups is 1. The van der Waals surface area contributed by atoms with Crippen molar-refractivity contribution in [3.8, 4) is 11.1 Å². The lowest BCUT2D eigenvalue weighted by molar-refractivity contribution is -0.124. The lowest BCUT2D eigenvalue weighted by Gasteiger charge is -2.16.